The summed E-state index contributed by atoms with van der Waals surface area (Å²) in [5, 5.41) is 24.7. The van der Waals surface area contributed by atoms with Gasteiger partial charge in [0.15, 0.2) is 0 Å². The summed E-state index contributed by atoms with van der Waals surface area (Å²) in [6.45, 7) is 0.536. The van der Waals surface area contributed by atoms with Crippen LogP contribution in [-0.4, -0.2) is 133 Å². The molecule has 5 aliphatic rings. The van der Waals surface area contributed by atoms with E-state index in [4.69, 9.17) is 9.47 Å². The molecule has 4 heterocycles. The van der Waals surface area contributed by atoms with E-state index in [2.05, 4.69) is 22.3 Å². The number of likely N-dealkylation sites (tertiary alicyclic amines) is 1. The summed E-state index contributed by atoms with van der Waals surface area (Å²) in [5.41, 5.74) is 2.49. The summed E-state index contributed by atoms with van der Waals surface area (Å²) in [7, 11) is -4.33. The van der Waals surface area contributed by atoms with E-state index in [9.17, 15) is 32.6 Å². The summed E-state index contributed by atoms with van der Waals surface area (Å²) in [5.74, 6) is -1.22. The SMILES string of the molecule is O=C1C[C@@H]2O[C@H](CN(S(=O)(=O)c3cccc(F)c3)C[C@@H]3CN(CCO3)C(=O)[C@@H]3C[C@@H](CN3C3Cc4ccccc4C3)N1)[C@@H](O)[C@H]2O. The van der Waals surface area contributed by atoms with E-state index in [1.54, 1.807) is 4.90 Å². The molecule has 0 aromatic heterocycles. The summed E-state index contributed by atoms with van der Waals surface area (Å²) in [6.07, 6.45) is -4.13. The molecule has 2 aromatic carbocycles. The fraction of sp³-hybridized carbons (Fsp3) is 0.562. The van der Waals surface area contributed by atoms with Crippen molar-refractivity contribution in [1.82, 2.24) is 19.4 Å². The van der Waals surface area contributed by atoms with Gasteiger partial charge in [-0.05, 0) is 48.6 Å². The van der Waals surface area contributed by atoms with E-state index in [-0.39, 0.29) is 55.5 Å². The third kappa shape index (κ3) is 6.07. The highest BCUT2D eigenvalue weighted by Gasteiger charge is 2.48. The predicted molar refractivity (Wildman–Crippen MR) is 161 cm³/mol. The molecular weight excluding hydrogens is 619 g/mol. The van der Waals surface area contributed by atoms with Gasteiger partial charge in [0.1, 0.15) is 24.1 Å². The highest BCUT2D eigenvalue weighted by Crippen LogP contribution is 2.33. The number of nitrogens with zero attached hydrogens (tertiary/aromatic N) is 3. The maximum absolute atomic E-state index is 14.2. The van der Waals surface area contributed by atoms with E-state index in [1.807, 2.05) is 12.1 Å². The molecule has 0 spiro atoms. The average Bonchev–Trinajstić information content (AvgIpc) is 3.72. The average molecular weight is 659 g/mol. The number of carbonyl (C=O) groups is 2. The number of hydrogen-bond donors (Lipinski definition) is 3. The quantitative estimate of drug-likeness (QED) is 0.403. The van der Waals surface area contributed by atoms with Crippen LogP contribution in [-0.2, 0) is 41.9 Å². The van der Waals surface area contributed by atoms with Crippen LogP contribution in [0.3, 0.4) is 0 Å². The Labute approximate surface area is 267 Å². The lowest BCUT2D eigenvalue weighted by atomic mass is 10.0. The molecule has 7 rings (SSSR count). The molecule has 7 atom stereocenters. The van der Waals surface area contributed by atoms with Gasteiger partial charge >= 0.3 is 0 Å². The van der Waals surface area contributed by atoms with Gasteiger partial charge < -0.3 is 29.9 Å². The van der Waals surface area contributed by atoms with Crippen molar-refractivity contribution in [1.29, 1.82) is 0 Å². The number of halogens is 1. The molecule has 1 aliphatic carbocycles. The zero-order valence-corrected chi connectivity index (χ0v) is 26.1. The number of aliphatic hydroxyl groups excluding tert-OH is 2. The second-order valence-electron chi connectivity index (χ2n) is 13.0. The molecule has 0 radical (unpaired) electrons. The van der Waals surface area contributed by atoms with Gasteiger partial charge in [-0.2, -0.15) is 4.31 Å². The Morgan fingerprint density at radius 1 is 0.891 bits per heavy atom. The van der Waals surface area contributed by atoms with E-state index < -0.39 is 58.3 Å². The first-order valence-electron chi connectivity index (χ1n) is 15.9. The van der Waals surface area contributed by atoms with Crippen molar-refractivity contribution in [2.24, 2.45) is 0 Å². The molecule has 2 aromatic rings. The Balaban J connectivity index is 1.20. The fourth-order valence-corrected chi connectivity index (χ4v) is 9.23. The molecule has 4 saturated heterocycles. The van der Waals surface area contributed by atoms with Crippen LogP contribution >= 0.6 is 0 Å². The van der Waals surface area contributed by atoms with E-state index >= 15 is 0 Å². The topological polar surface area (TPSA) is 149 Å². The van der Waals surface area contributed by atoms with Crippen molar-refractivity contribution in [2.75, 3.05) is 39.3 Å². The Morgan fingerprint density at radius 3 is 2.37 bits per heavy atom. The standard InChI is InChI=1S/C32H39FN4O8S/c33-21-6-3-7-25(12-21)46(42,43)36-17-24-16-35(8-9-44-24)32(41)26-13-22(15-37(26)23-10-19-4-1-2-5-20(19)11-23)34-29(38)14-27-30(39)31(40)28(18-36)45-27/h1-7,12,22-24,26-28,30-31,39-40H,8-11,13-18H2,(H,34,38)/t22-,24-,26-,27-,28+,30-,31+/m0/s1. The molecule has 6 bridgehead atoms. The molecule has 14 heteroatoms. The molecule has 2 amide bonds. The first-order chi connectivity index (χ1) is 22.1. The smallest absolute Gasteiger partial charge is 0.243 e. The number of fused-ring (bicyclic) bond motifs is 7. The number of rotatable bonds is 3. The second kappa shape index (κ2) is 12.6. The second-order valence-corrected chi connectivity index (χ2v) is 14.9. The van der Waals surface area contributed by atoms with Crippen LogP contribution in [0.5, 0.6) is 0 Å². The van der Waals surface area contributed by atoms with Gasteiger partial charge in [0.05, 0.1) is 36.2 Å². The normalized spacial score (nSPS) is 33.3. The number of sulfonamides is 1. The maximum Gasteiger partial charge on any atom is 0.243 e. The van der Waals surface area contributed by atoms with Crippen molar-refractivity contribution in [3.05, 3.63) is 65.5 Å². The lowest BCUT2D eigenvalue weighted by Gasteiger charge is -2.39. The fourth-order valence-electron chi connectivity index (χ4n) is 7.71. The van der Waals surface area contributed by atoms with Crippen LogP contribution in [0.2, 0.25) is 0 Å². The molecule has 12 nitrogen and oxygen atoms in total. The Morgan fingerprint density at radius 2 is 1.63 bits per heavy atom. The molecule has 3 N–H and O–H groups in total. The lowest BCUT2D eigenvalue weighted by Crippen LogP contribution is -2.56. The highest BCUT2D eigenvalue weighted by molar-refractivity contribution is 7.89. The van der Waals surface area contributed by atoms with Gasteiger partial charge in [-0.25, -0.2) is 12.8 Å². The minimum Gasteiger partial charge on any atom is -0.388 e. The maximum atomic E-state index is 14.2. The minimum absolute atomic E-state index is 0.0787. The molecule has 4 fully saturated rings. The monoisotopic (exact) mass is 658 g/mol. The van der Waals surface area contributed by atoms with Crippen LogP contribution < -0.4 is 5.32 Å². The number of amides is 2. The first kappa shape index (κ1) is 31.6. The molecular formula is C32H39FN4O8S. The van der Waals surface area contributed by atoms with Crippen LogP contribution in [0.1, 0.15) is 24.0 Å². The van der Waals surface area contributed by atoms with Crippen LogP contribution in [0.4, 0.5) is 4.39 Å². The zero-order valence-electron chi connectivity index (χ0n) is 25.3. The summed E-state index contributed by atoms with van der Waals surface area (Å²) >= 11 is 0. The summed E-state index contributed by atoms with van der Waals surface area (Å²) in [6, 6.07) is 12.1. The predicted octanol–water partition coefficient (Wildman–Crippen LogP) is -0.337. The van der Waals surface area contributed by atoms with Gasteiger partial charge in [0, 0.05) is 44.8 Å². The van der Waals surface area contributed by atoms with Gasteiger partial charge in [0.2, 0.25) is 21.8 Å². The summed E-state index contributed by atoms with van der Waals surface area (Å²) < 4.78 is 54.8. The Bertz CT molecular complexity index is 1570. The van der Waals surface area contributed by atoms with E-state index in [0.717, 1.165) is 29.3 Å². The molecule has 0 unspecified atom stereocenters. The zero-order chi connectivity index (χ0) is 32.2. The third-order valence-corrected chi connectivity index (χ3v) is 11.8. The number of benzene rings is 2. The number of aliphatic hydroxyl groups is 2. The third-order valence-electron chi connectivity index (χ3n) is 10.0. The number of carbonyl (C=O) groups excluding carboxylic acids is 2. The van der Waals surface area contributed by atoms with E-state index in [0.29, 0.717) is 19.5 Å². The summed E-state index contributed by atoms with van der Waals surface area (Å²) in [4.78, 5) is 31.1. The van der Waals surface area contributed by atoms with Crippen LogP contribution in [0.25, 0.3) is 0 Å². The van der Waals surface area contributed by atoms with Crippen LogP contribution in [0.15, 0.2) is 53.4 Å². The van der Waals surface area contributed by atoms with Gasteiger partial charge in [0.25, 0.3) is 0 Å². The lowest BCUT2D eigenvalue weighted by molar-refractivity contribution is -0.144. The van der Waals surface area contributed by atoms with Crippen LogP contribution in [0, 0.1) is 5.82 Å². The largest absolute Gasteiger partial charge is 0.388 e. The minimum atomic E-state index is -4.33. The molecule has 46 heavy (non-hydrogen) atoms. The van der Waals surface area contributed by atoms with Crippen molar-refractivity contribution >= 4 is 21.8 Å². The Kier molecular flexibility index (Phi) is 8.63. The van der Waals surface area contributed by atoms with Gasteiger partial charge in [-0.3, -0.25) is 14.5 Å². The number of hydrogen-bond acceptors (Lipinski definition) is 9. The van der Waals surface area contributed by atoms with Crippen molar-refractivity contribution in [3.63, 3.8) is 0 Å². The van der Waals surface area contributed by atoms with Crippen molar-refractivity contribution in [3.8, 4) is 0 Å². The molecule has 0 saturated carbocycles. The van der Waals surface area contributed by atoms with E-state index in [1.165, 1.54) is 23.3 Å². The number of nitrogens with one attached hydrogen (secondary N) is 1. The van der Waals surface area contributed by atoms with Crippen molar-refractivity contribution < 1.29 is 42.1 Å². The highest BCUT2D eigenvalue weighted by atomic mass is 32.2. The number of morpholine rings is 1. The molecule has 248 valence electrons. The van der Waals surface area contributed by atoms with Gasteiger partial charge in [-0.1, -0.05) is 30.3 Å². The number of ether oxygens (including phenoxy) is 2. The molecule has 4 aliphatic heterocycles. The Hall–Kier alpha value is -2.98. The van der Waals surface area contributed by atoms with Gasteiger partial charge in [-0.15, -0.1) is 0 Å². The first-order valence-corrected chi connectivity index (χ1v) is 17.3. The van der Waals surface area contributed by atoms with Crippen molar-refractivity contribution in [2.45, 2.75) is 79.2 Å².